The highest BCUT2D eigenvalue weighted by Gasteiger charge is 2.17. The average Bonchev–Trinajstić information content (AvgIpc) is 2.18. The predicted octanol–water partition coefficient (Wildman–Crippen LogP) is 3.68. The second kappa shape index (κ2) is 5.48. The van der Waals surface area contributed by atoms with Gasteiger partial charge in [0.25, 0.3) is 0 Å². The summed E-state index contributed by atoms with van der Waals surface area (Å²) in [6, 6.07) is 1.83. The van der Waals surface area contributed by atoms with Gasteiger partial charge in [0.2, 0.25) is 0 Å². The Labute approximate surface area is 115 Å². The van der Waals surface area contributed by atoms with E-state index in [2.05, 4.69) is 39.5 Å². The van der Waals surface area contributed by atoms with E-state index in [1.54, 1.807) is 12.3 Å². The molecule has 0 saturated carbocycles. The maximum absolute atomic E-state index is 11.6. The van der Waals surface area contributed by atoms with Crippen LogP contribution in [0.15, 0.2) is 18.8 Å². The first-order valence-corrected chi connectivity index (χ1v) is 6.18. The third-order valence-corrected chi connectivity index (χ3v) is 2.89. The molecule has 0 unspecified atom stereocenters. The normalized spacial score (nSPS) is 10.8. The van der Waals surface area contributed by atoms with Crippen LogP contribution in [0.25, 0.3) is 6.08 Å². The molecule has 0 saturated heterocycles. The molecule has 5 heteroatoms. The first kappa shape index (κ1) is 14.0. The minimum absolute atomic E-state index is 0.484. The highest BCUT2D eigenvalue weighted by atomic mass is 127. The summed E-state index contributed by atoms with van der Waals surface area (Å²) in [6.07, 6.45) is 2.82. The van der Waals surface area contributed by atoms with E-state index in [9.17, 15) is 4.79 Å². The Morgan fingerprint density at radius 2 is 2.24 bits per heavy atom. The minimum Gasteiger partial charge on any atom is -0.444 e. The maximum Gasteiger partial charge on any atom is 0.413 e. The summed E-state index contributed by atoms with van der Waals surface area (Å²) in [5.74, 6) is 0.484. The standard InChI is InChI=1S/C12H15IN2O2/c1-5-8-6-7-14-10(9(8)13)15-11(16)17-12(2,3)4/h5-7H,1H2,2-4H3,(H,14,15,16). The van der Waals surface area contributed by atoms with E-state index in [-0.39, 0.29) is 0 Å². The Kier molecular flexibility index (Phi) is 4.50. The molecule has 0 bridgehead atoms. The molecule has 1 rings (SSSR count). The average molecular weight is 346 g/mol. The summed E-state index contributed by atoms with van der Waals surface area (Å²) < 4.78 is 5.99. The van der Waals surface area contributed by atoms with E-state index in [1.807, 2.05) is 26.8 Å². The van der Waals surface area contributed by atoms with Crippen molar-refractivity contribution in [3.05, 3.63) is 28.0 Å². The lowest BCUT2D eigenvalue weighted by atomic mass is 10.2. The van der Waals surface area contributed by atoms with Crippen molar-refractivity contribution >= 4 is 40.6 Å². The molecule has 1 N–H and O–H groups in total. The van der Waals surface area contributed by atoms with E-state index in [4.69, 9.17) is 4.74 Å². The van der Waals surface area contributed by atoms with Gasteiger partial charge < -0.3 is 4.74 Å². The van der Waals surface area contributed by atoms with Gasteiger partial charge in [0, 0.05) is 6.20 Å². The van der Waals surface area contributed by atoms with Gasteiger partial charge in [-0.2, -0.15) is 0 Å². The molecule has 0 radical (unpaired) electrons. The highest BCUT2D eigenvalue weighted by molar-refractivity contribution is 14.1. The lowest BCUT2D eigenvalue weighted by Crippen LogP contribution is -2.27. The summed E-state index contributed by atoms with van der Waals surface area (Å²) in [4.78, 5) is 15.7. The summed E-state index contributed by atoms with van der Waals surface area (Å²) in [7, 11) is 0. The number of halogens is 1. The third-order valence-electron chi connectivity index (χ3n) is 1.76. The minimum atomic E-state index is -0.522. The Morgan fingerprint density at radius 1 is 1.59 bits per heavy atom. The number of ether oxygens (including phenoxy) is 1. The molecule has 1 heterocycles. The molecule has 0 aliphatic carbocycles. The number of aromatic nitrogens is 1. The second-order valence-electron chi connectivity index (χ2n) is 4.39. The molecular formula is C12H15IN2O2. The lowest BCUT2D eigenvalue weighted by molar-refractivity contribution is 0.0635. The van der Waals surface area contributed by atoms with E-state index in [0.717, 1.165) is 9.13 Å². The predicted molar refractivity (Wildman–Crippen MR) is 76.9 cm³/mol. The van der Waals surface area contributed by atoms with Gasteiger partial charge in [-0.15, -0.1) is 0 Å². The monoisotopic (exact) mass is 346 g/mol. The molecule has 0 atom stereocenters. The first-order valence-electron chi connectivity index (χ1n) is 5.10. The van der Waals surface area contributed by atoms with Crippen LogP contribution in [-0.2, 0) is 4.74 Å². The number of carbonyl (C=O) groups excluding carboxylic acids is 1. The molecule has 1 amide bonds. The van der Waals surface area contributed by atoms with Crippen molar-refractivity contribution in [2.24, 2.45) is 0 Å². The molecule has 17 heavy (non-hydrogen) atoms. The first-order chi connectivity index (χ1) is 7.83. The van der Waals surface area contributed by atoms with E-state index in [0.29, 0.717) is 5.82 Å². The van der Waals surface area contributed by atoms with E-state index < -0.39 is 11.7 Å². The van der Waals surface area contributed by atoms with Gasteiger partial charge in [-0.1, -0.05) is 12.7 Å². The number of rotatable bonds is 2. The Hall–Kier alpha value is -1.11. The molecule has 0 aromatic carbocycles. The zero-order valence-electron chi connectivity index (χ0n) is 10.1. The van der Waals surface area contributed by atoms with Crippen molar-refractivity contribution in [3.8, 4) is 0 Å². The lowest BCUT2D eigenvalue weighted by Gasteiger charge is -2.19. The van der Waals surface area contributed by atoms with Crippen LogP contribution in [0.3, 0.4) is 0 Å². The largest absolute Gasteiger partial charge is 0.444 e. The number of pyridine rings is 1. The third kappa shape index (κ3) is 4.33. The molecule has 0 fully saturated rings. The number of nitrogens with zero attached hydrogens (tertiary/aromatic N) is 1. The summed E-state index contributed by atoms with van der Waals surface area (Å²) in [5.41, 5.74) is 0.401. The van der Waals surface area contributed by atoms with Gasteiger partial charge in [0.05, 0.1) is 3.57 Å². The number of carbonyl (C=O) groups is 1. The van der Waals surface area contributed by atoms with Gasteiger partial charge in [-0.3, -0.25) is 5.32 Å². The topological polar surface area (TPSA) is 51.2 Å². The molecule has 4 nitrogen and oxygen atoms in total. The fourth-order valence-electron chi connectivity index (χ4n) is 1.10. The van der Waals surface area contributed by atoms with E-state index in [1.165, 1.54) is 0 Å². The van der Waals surface area contributed by atoms with Crippen LogP contribution in [0.4, 0.5) is 10.6 Å². The second-order valence-corrected chi connectivity index (χ2v) is 5.47. The van der Waals surface area contributed by atoms with Crippen LogP contribution in [0, 0.1) is 3.57 Å². The maximum atomic E-state index is 11.6. The molecular weight excluding hydrogens is 331 g/mol. The molecule has 0 aliphatic rings. The smallest absolute Gasteiger partial charge is 0.413 e. The number of anilines is 1. The van der Waals surface area contributed by atoms with Crippen LogP contribution >= 0.6 is 22.6 Å². The van der Waals surface area contributed by atoms with Crippen molar-refractivity contribution in [2.45, 2.75) is 26.4 Å². The van der Waals surface area contributed by atoms with Gasteiger partial charge in [0.15, 0.2) is 0 Å². The number of hydrogen-bond acceptors (Lipinski definition) is 3. The van der Waals surface area contributed by atoms with Crippen molar-refractivity contribution in [1.82, 2.24) is 4.98 Å². The Morgan fingerprint density at radius 3 is 2.76 bits per heavy atom. The van der Waals surface area contributed by atoms with Crippen LogP contribution in [0.2, 0.25) is 0 Å². The molecule has 0 spiro atoms. The molecule has 1 aromatic heterocycles. The van der Waals surface area contributed by atoms with Crippen molar-refractivity contribution in [2.75, 3.05) is 5.32 Å². The number of nitrogens with one attached hydrogen (secondary N) is 1. The van der Waals surface area contributed by atoms with Crippen molar-refractivity contribution in [3.63, 3.8) is 0 Å². The zero-order chi connectivity index (χ0) is 13.1. The number of amides is 1. The van der Waals surface area contributed by atoms with Crippen LogP contribution in [0.1, 0.15) is 26.3 Å². The quantitative estimate of drug-likeness (QED) is 0.832. The summed E-state index contributed by atoms with van der Waals surface area (Å²) in [6.45, 7) is 9.13. The SMILES string of the molecule is C=Cc1ccnc(NC(=O)OC(C)(C)C)c1I. The molecule has 0 aliphatic heterocycles. The van der Waals surface area contributed by atoms with Gasteiger partial charge in [0.1, 0.15) is 11.4 Å². The highest BCUT2D eigenvalue weighted by Crippen LogP contribution is 2.21. The van der Waals surface area contributed by atoms with Gasteiger partial charge >= 0.3 is 6.09 Å². The summed E-state index contributed by atoms with van der Waals surface area (Å²) >= 11 is 2.11. The Balaban J connectivity index is 2.82. The molecule has 1 aromatic rings. The van der Waals surface area contributed by atoms with E-state index >= 15 is 0 Å². The van der Waals surface area contributed by atoms with Crippen molar-refractivity contribution in [1.29, 1.82) is 0 Å². The van der Waals surface area contributed by atoms with Gasteiger partial charge in [-0.25, -0.2) is 9.78 Å². The van der Waals surface area contributed by atoms with Crippen LogP contribution in [0.5, 0.6) is 0 Å². The van der Waals surface area contributed by atoms with Crippen LogP contribution in [-0.4, -0.2) is 16.7 Å². The summed E-state index contributed by atoms with van der Waals surface area (Å²) in [5, 5.41) is 2.61. The fourth-order valence-corrected chi connectivity index (χ4v) is 1.78. The van der Waals surface area contributed by atoms with Crippen LogP contribution < -0.4 is 5.32 Å². The zero-order valence-corrected chi connectivity index (χ0v) is 12.2. The van der Waals surface area contributed by atoms with Crippen molar-refractivity contribution < 1.29 is 9.53 Å². The fraction of sp³-hybridized carbons (Fsp3) is 0.333. The Bertz CT molecular complexity index is 439. The number of hydrogen-bond donors (Lipinski definition) is 1. The molecule has 92 valence electrons. The van der Waals surface area contributed by atoms with Gasteiger partial charge in [-0.05, 0) is 55.0 Å².